The van der Waals surface area contributed by atoms with Crippen LogP contribution in [0.2, 0.25) is 0 Å². The Morgan fingerprint density at radius 1 is 0.862 bits per heavy atom. The highest BCUT2D eigenvalue weighted by molar-refractivity contribution is 5.99. The van der Waals surface area contributed by atoms with Crippen molar-refractivity contribution in [2.24, 2.45) is 0 Å². The van der Waals surface area contributed by atoms with E-state index in [1.165, 1.54) is 39.3 Å². The molecule has 2 N–H and O–H groups in total. The molecule has 0 heterocycles. The fourth-order valence-corrected chi connectivity index (χ4v) is 2.40. The fraction of sp³-hybridized carbons (Fsp3) is 0.200. The number of benzene rings is 2. The molecule has 2 aromatic rings. The van der Waals surface area contributed by atoms with Crippen LogP contribution >= 0.6 is 0 Å². The number of anilines is 2. The maximum Gasteiger partial charge on any atom is 0.337 e. The SMILES string of the molecule is COC(=O)c1cc(NC(=O)COc2ccccc2NC(C)=O)cc(C(=O)OC)c1. The Labute approximate surface area is 166 Å². The van der Waals surface area contributed by atoms with Gasteiger partial charge in [-0.25, -0.2) is 9.59 Å². The molecule has 2 aromatic carbocycles. The molecule has 0 spiro atoms. The van der Waals surface area contributed by atoms with Gasteiger partial charge in [-0.05, 0) is 30.3 Å². The lowest BCUT2D eigenvalue weighted by molar-refractivity contribution is -0.118. The van der Waals surface area contributed by atoms with E-state index in [2.05, 4.69) is 20.1 Å². The number of esters is 2. The van der Waals surface area contributed by atoms with Crippen molar-refractivity contribution in [2.75, 3.05) is 31.5 Å². The summed E-state index contributed by atoms with van der Waals surface area (Å²) in [6.07, 6.45) is 0. The van der Waals surface area contributed by atoms with Gasteiger partial charge >= 0.3 is 11.9 Å². The molecule has 2 rings (SSSR count). The van der Waals surface area contributed by atoms with Crippen LogP contribution in [0.1, 0.15) is 27.6 Å². The minimum Gasteiger partial charge on any atom is -0.482 e. The number of carbonyl (C=O) groups excluding carboxylic acids is 4. The molecular formula is C20H20N2O7. The number of carbonyl (C=O) groups is 4. The summed E-state index contributed by atoms with van der Waals surface area (Å²) in [5.41, 5.74) is 0.760. The molecule has 0 saturated carbocycles. The van der Waals surface area contributed by atoms with Crippen LogP contribution in [-0.4, -0.2) is 44.6 Å². The quantitative estimate of drug-likeness (QED) is 0.684. The maximum atomic E-state index is 12.3. The van der Waals surface area contributed by atoms with E-state index in [9.17, 15) is 19.2 Å². The number of rotatable bonds is 7. The number of para-hydroxylation sites is 2. The van der Waals surface area contributed by atoms with E-state index < -0.39 is 17.8 Å². The molecule has 0 aliphatic heterocycles. The molecule has 152 valence electrons. The van der Waals surface area contributed by atoms with Crippen molar-refractivity contribution in [1.29, 1.82) is 0 Å². The summed E-state index contributed by atoms with van der Waals surface area (Å²) in [6.45, 7) is 0.989. The van der Waals surface area contributed by atoms with Crippen molar-refractivity contribution in [3.8, 4) is 5.75 Å². The monoisotopic (exact) mass is 400 g/mol. The Morgan fingerprint density at radius 3 is 2.00 bits per heavy atom. The van der Waals surface area contributed by atoms with Gasteiger partial charge in [0, 0.05) is 12.6 Å². The predicted octanol–water partition coefficient (Wildman–Crippen LogP) is 2.24. The molecule has 2 amide bonds. The van der Waals surface area contributed by atoms with E-state index in [0.717, 1.165) is 0 Å². The molecule has 0 radical (unpaired) electrons. The minimum absolute atomic E-state index is 0.0719. The van der Waals surface area contributed by atoms with Crippen LogP contribution < -0.4 is 15.4 Å². The molecular weight excluding hydrogens is 380 g/mol. The zero-order chi connectivity index (χ0) is 21.4. The first-order valence-electron chi connectivity index (χ1n) is 8.45. The number of hydrogen-bond acceptors (Lipinski definition) is 7. The van der Waals surface area contributed by atoms with Crippen molar-refractivity contribution in [3.63, 3.8) is 0 Å². The zero-order valence-electron chi connectivity index (χ0n) is 16.1. The second kappa shape index (κ2) is 9.88. The summed E-state index contributed by atoms with van der Waals surface area (Å²) in [7, 11) is 2.40. The average Bonchev–Trinajstić information content (AvgIpc) is 2.71. The summed E-state index contributed by atoms with van der Waals surface area (Å²) in [6, 6.07) is 10.7. The van der Waals surface area contributed by atoms with E-state index in [-0.39, 0.29) is 29.3 Å². The Bertz CT molecular complexity index is 906. The molecule has 0 aliphatic carbocycles. The molecule has 0 unspecified atom stereocenters. The molecule has 0 fully saturated rings. The number of hydrogen-bond donors (Lipinski definition) is 2. The lowest BCUT2D eigenvalue weighted by atomic mass is 10.1. The lowest BCUT2D eigenvalue weighted by Gasteiger charge is -2.12. The molecule has 0 saturated heterocycles. The Hall–Kier alpha value is -3.88. The fourth-order valence-electron chi connectivity index (χ4n) is 2.40. The maximum absolute atomic E-state index is 12.3. The highest BCUT2D eigenvalue weighted by Gasteiger charge is 2.15. The van der Waals surface area contributed by atoms with Crippen LogP contribution in [0.25, 0.3) is 0 Å². The number of methoxy groups -OCH3 is 2. The smallest absolute Gasteiger partial charge is 0.337 e. The van der Waals surface area contributed by atoms with Crippen LogP contribution in [0.5, 0.6) is 5.75 Å². The van der Waals surface area contributed by atoms with Crippen molar-refractivity contribution >= 4 is 35.1 Å². The second-order valence-electron chi connectivity index (χ2n) is 5.80. The predicted molar refractivity (Wildman–Crippen MR) is 104 cm³/mol. The Kier molecular flexibility index (Phi) is 7.30. The summed E-state index contributed by atoms with van der Waals surface area (Å²) in [5.74, 6) is -1.85. The van der Waals surface area contributed by atoms with E-state index >= 15 is 0 Å². The van der Waals surface area contributed by atoms with Crippen LogP contribution in [0.4, 0.5) is 11.4 Å². The number of ether oxygens (including phenoxy) is 3. The van der Waals surface area contributed by atoms with Gasteiger partial charge in [0.15, 0.2) is 6.61 Å². The summed E-state index contributed by atoms with van der Waals surface area (Å²) < 4.78 is 14.8. The largest absolute Gasteiger partial charge is 0.482 e. The van der Waals surface area contributed by atoms with Crippen LogP contribution in [-0.2, 0) is 19.1 Å². The van der Waals surface area contributed by atoms with Gasteiger partial charge in [-0.2, -0.15) is 0 Å². The van der Waals surface area contributed by atoms with E-state index in [0.29, 0.717) is 11.4 Å². The summed E-state index contributed by atoms with van der Waals surface area (Å²) >= 11 is 0. The van der Waals surface area contributed by atoms with E-state index in [1.54, 1.807) is 24.3 Å². The van der Waals surface area contributed by atoms with Crippen LogP contribution in [0, 0.1) is 0 Å². The van der Waals surface area contributed by atoms with Gasteiger partial charge in [0.25, 0.3) is 5.91 Å². The van der Waals surface area contributed by atoms with Gasteiger partial charge in [0.1, 0.15) is 5.75 Å². The van der Waals surface area contributed by atoms with Gasteiger partial charge < -0.3 is 24.8 Å². The molecule has 9 nitrogen and oxygen atoms in total. The molecule has 29 heavy (non-hydrogen) atoms. The summed E-state index contributed by atoms with van der Waals surface area (Å²) in [5, 5.41) is 5.15. The second-order valence-corrected chi connectivity index (χ2v) is 5.80. The van der Waals surface area contributed by atoms with Gasteiger partial charge in [-0.3, -0.25) is 9.59 Å². The molecule has 9 heteroatoms. The first kappa shape index (κ1) is 21.4. The minimum atomic E-state index is -0.674. The summed E-state index contributed by atoms with van der Waals surface area (Å²) in [4.78, 5) is 47.1. The third-order valence-corrected chi connectivity index (χ3v) is 3.62. The normalized spacial score (nSPS) is 9.90. The lowest BCUT2D eigenvalue weighted by Crippen LogP contribution is -2.21. The molecule has 0 aromatic heterocycles. The first-order chi connectivity index (χ1) is 13.8. The topological polar surface area (TPSA) is 120 Å². The van der Waals surface area contributed by atoms with Crippen LogP contribution in [0.3, 0.4) is 0 Å². The number of amides is 2. The van der Waals surface area contributed by atoms with E-state index in [4.69, 9.17) is 4.74 Å². The molecule has 0 aliphatic rings. The van der Waals surface area contributed by atoms with Crippen LogP contribution in [0.15, 0.2) is 42.5 Å². The van der Waals surface area contributed by atoms with Crippen molar-refractivity contribution in [3.05, 3.63) is 53.6 Å². The van der Waals surface area contributed by atoms with Gasteiger partial charge in [0.2, 0.25) is 5.91 Å². The third kappa shape index (κ3) is 6.06. The standard InChI is InChI=1S/C20H20N2O7/c1-12(23)21-16-6-4-5-7-17(16)29-11-18(24)22-15-9-13(19(25)27-2)8-14(10-15)20(26)28-3/h4-10H,11H2,1-3H3,(H,21,23)(H,22,24). The highest BCUT2D eigenvalue weighted by atomic mass is 16.5. The average molecular weight is 400 g/mol. The Morgan fingerprint density at radius 2 is 1.45 bits per heavy atom. The van der Waals surface area contributed by atoms with E-state index in [1.807, 2.05) is 0 Å². The van der Waals surface area contributed by atoms with Crippen molar-refractivity contribution < 1.29 is 33.4 Å². The zero-order valence-corrected chi connectivity index (χ0v) is 16.1. The molecule has 0 atom stereocenters. The first-order valence-corrected chi connectivity index (χ1v) is 8.45. The number of nitrogens with one attached hydrogen (secondary N) is 2. The van der Waals surface area contributed by atoms with Crippen molar-refractivity contribution in [2.45, 2.75) is 6.92 Å². The molecule has 0 bridgehead atoms. The third-order valence-electron chi connectivity index (χ3n) is 3.62. The van der Waals surface area contributed by atoms with Gasteiger partial charge in [-0.1, -0.05) is 12.1 Å². The Balaban J connectivity index is 2.13. The van der Waals surface area contributed by atoms with Crippen molar-refractivity contribution in [1.82, 2.24) is 0 Å². The van der Waals surface area contributed by atoms with Gasteiger partial charge in [0.05, 0.1) is 31.0 Å². The highest BCUT2D eigenvalue weighted by Crippen LogP contribution is 2.23. The van der Waals surface area contributed by atoms with Gasteiger partial charge in [-0.15, -0.1) is 0 Å².